The second-order valence-corrected chi connectivity index (χ2v) is 9.10. The van der Waals surface area contributed by atoms with Crippen molar-refractivity contribution < 1.29 is 35.9 Å². The molecule has 1 unspecified atom stereocenters. The largest absolute Gasteiger partial charge is 0.416 e. The predicted molar refractivity (Wildman–Crippen MR) is 127 cm³/mol. The van der Waals surface area contributed by atoms with Crippen molar-refractivity contribution in [1.29, 1.82) is 0 Å². The van der Waals surface area contributed by atoms with E-state index in [-0.39, 0.29) is 30.7 Å². The first-order valence-corrected chi connectivity index (χ1v) is 11.5. The van der Waals surface area contributed by atoms with E-state index in [1.54, 1.807) is 42.5 Å². The fourth-order valence-corrected chi connectivity index (χ4v) is 4.20. The Bertz CT molecular complexity index is 1100. The van der Waals surface area contributed by atoms with Crippen molar-refractivity contribution in [1.82, 2.24) is 10.6 Å². The molecular formula is C27H28F6N2O2. The molecule has 10 heteroatoms. The second-order valence-electron chi connectivity index (χ2n) is 9.10. The SMILES string of the molecule is C=C[C@@]1(CN[C@](C=C)(COC(C)c2cc(C(F)(F)F)cc(C(F)(F)F)c2)c2ccccc2)CCC(=O)N1. The maximum Gasteiger partial charge on any atom is 0.416 e. The zero-order chi connectivity index (χ0) is 27.5. The number of alkyl halides is 6. The van der Waals surface area contributed by atoms with Crippen molar-refractivity contribution in [2.24, 2.45) is 0 Å². The van der Waals surface area contributed by atoms with Crippen LogP contribution in [0.3, 0.4) is 0 Å². The van der Waals surface area contributed by atoms with Crippen molar-refractivity contribution in [2.45, 2.75) is 49.3 Å². The molecule has 37 heavy (non-hydrogen) atoms. The highest BCUT2D eigenvalue weighted by Crippen LogP contribution is 2.38. The molecule has 2 aromatic rings. The summed E-state index contributed by atoms with van der Waals surface area (Å²) in [6, 6.07) is 10.3. The van der Waals surface area contributed by atoms with E-state index in [1.165, 1.54) is 6.92 Å². The maximum atomic E-state index is 13.3. The van der Waals surface area contributed by atoms with Gasteiger partial charge in [-0.15, -0.1) is 13.2 Å². The first-order chi connectivity index (χ1) is 17.2. The fraction of sp³-hybridized carbons (Fsp3) is 0.370. The zero-order valence-corrected chi connectivity index (χ0v) is 20.2. The van der Waals surface area contributed by atoms with Crippen LogP contribution < -0.4 is 10.6 Å². The van der Waals surface area contributed by atoms with Crippen LogP contribution in [-0.2, 0) is 27.4 Å². The zero-order valence-electron chi connectivity index (χ0n) is 20.2. The number of hydrogen-bond acceptors (Lipinski definition) is 3. The lowest BCUT2D eigenvalue weighted by molar-refractivity contribution is -0.143. The Kier molecular flexibility index (Phi) is 8.24. The molecule has 3 atom stereocenters. The van der Waals surface area contributed by atoms with E-state index in [4.69, 9.17) is 4.74 Å². The van der Waals surface area contributed by atoms with E-state index in [0.717, 1.165) is 0 Å². The Morgan fingerprint density at radius 1 is 1.03 bits per heavy atom. The number of carbonyl (C=O) groups is 1. The third-order valence-electron chi connectivity index (χ3n) is 6.57. The first kappa shape index (κ1) is 28.5. The summed E-state index contributed by atoms with van der Waals surface area (Å²) in [4.78, 5) is 11.9. The standard InChI is InChI=1S/C27H28F6N2O2/c1-4-24(12-11-23(36)35-24)16-34-25(5-2,20-9-7-6-8-10-20)17-37-18(3)19-13-21(26(28,29)30)15-22(14-19)27(31,32)33/h4-10,13-15,18,34H,1-2,11-12,16-17H2,3H3,(H,35,36)/t18?,24-,25+/m0/s1. The number of benzene rings is 2. The number of halogens is 6. The average Bonchev–Trinajstić information content (AvgIpc) is 3.24. The minimum Gasteiger partial charge on any atom is -0.371 e. The number of rotatable bonds is 10. The summed E-state index contributed by atoms with van der Waals surface area (Å²) in [5.41, 5.74) is -4.18. The molecule has 1 fully saturated rings. The van der Waals surface area contributed by atoms with Crippen LogP contribution in [-0.4, -0.2) is 24.6 Å². The summed E-state index contributed by atoms with van der Waals surface area (Å²) >= 11 is 0. The van der Waals surface area contributed by atoms with Crippen molar-refractivity contribution in [3.05, 3.63) is 96.1 Å². The van der Waals surface area contributed by atoms with Gasteiger partial charge in [0.15, 0.2) is 0 Å². The Hall–Kier alpha value is -3.11. The lowest BCUT2D eigenvalue weighted by Crippen LogP contribution is -2.55. The molecule has 0 radical (unpaired) electrons. The van der Waals surface area contributed by atoms with Gasteiger partial charge in [0, 0.05) is 13.0 Å². The maximum absolute atomic E-state index is 13.3. The van der Waals surface area contributed by atoms with Gasteiger partial charge in [-0.2, -0.15) is 26.3 Å². The predicted octanol–water partition coefficient (Wildman–Crippen LogP) is 6.31. The summed E-state index contributed by atoms with van der Waals surface area (Å²) in [6.45, 7) is 9.19. The number of ether oxygens (including phenoxy) is 1. The molecule has 1 saturated heterocycles. The third-order valence-corrected chi connectivity index (χ3v) is 6.57. The number of carbonyl (C=O) groups excluding carboxylic acids is 1. The van der Waals surface area contributed by atoms with Crippen LogP contribution in [0.1, 0.15) is 48.1 Å². The smallest absolute Gasteiger partial charge is 0.371 e. The Morgan fingerprint density at radius 2 is 1.62 bits per heavy atom. The van der Waals surface area contributed by atoms with E-state index in [2.05, 4.69) is 23.8 Å². The average molecular weight is 527 g/mol. The molecule has 2 aromatic carbocycles. The van der Waals surface area contributed by atoms with Gasteiger partial charge in [0.1, 0.15) is 0 Å². The number of amides is 1. The molecule has 0 aliphatic carbocycles. The van der Waals surface area contributed by atoms with E-state index in [9.17, 15) is 31.1 Å². The lowest BCUT2D eigenvalue weighted by Gasteiger charge is -2.37. The molecule has 1 heterocycles. The van der Waals surface area contributed by atoms with Gasteiger partial charge in [0.2, 0.25) is 5.91 Å². The molecular weight excluding hydrogens is 498 g/mol. The lowest BCUT2D eigenvalue weighted by atomic mass is 9.88. The second kappa shape index (κ2) is 10.7. The third kappa shape index (κ3) is 6.61. The van der Waals surface area contributed by atoms with Crippen LogP contribution in [0.4, 0.5) is 26.3 Å². The topological polar surface area (TPSA) is 50.4 Å². The van der Waals surface area contributed by atoms with Gasteiger partial charge in [0.25, 0.3) is 0 Å². The van der Waals surface area contributed by atoms with Crippen LogP contribution >= 0.6 is 0 Å². The summed E-state index contributed by atoms with van der Waals surface area (Å²) < 4.78 is 85.9. The van der Waals surface area contributed by atoms with Gasteiger partial charge in [0.05, 0.1) is 34.9 Å². The van der Waals surface area contributed by atoms with Crippen molar-refractivity contribution in [2.75, 3.05) is 13.2 Å². The van der Waals surface area contributed by atoms with E-state index in [0.29, 0.717) is 30.5 Å². The van der Waals surface area contributed by atoms with Crippen molar-refractivity contribution in [3.8, 4) is 0 Å². The molecule has 0 spiro atoms. The Morgan fingerprint density at radius 3 is 2.08 bits per heavy atom. The number of hydrogen-bond donors (Lipinski definition) is 2. The Balaban J connectivity index is 1.91. The van der Waals surface area contributed by atoms with Crippen LogP contribution in [0.15, 0.2) is 73.8 Å². The van der Waals surface area contributed by atoms with E-state index in [1.807, 2.05) is 0 Å². The fourth-order valence-electron chi connectivity index (χ4n) is 4.20. The molecule has 0 bridgehead atoms. The van der Waals surface area contributed by atoms with Gasteiger partial charge in [-0.25, -0.2) is 0 Å². The van der Waals surface area contributed by atoms with E-state index >= 15 is 0 Å². The minimum atomic E-state index is -4.96. The van der Waals surface area contributed by atoms with Crippen LogP contribution in [0.5, 0.6) is 0 Å². The normalized spacial score (nSPS) is 20.7. The monoisotopic (exact) mass is 526 g/mol. The number of nitrogens with one attached hydrogen (secondary N) is 2. The highest BCUT2D eigenvalue weighted by Gasteiger charge is 2.40. The molecule has 200 valence electrons. The van der Waals surface area contributed by atoms with Gasteiger partial charge in [-0.1, -0.05) is 42.5 Å². The van der Waals surface area contributed by atoms with E-state index < -0.39 is 40.7 Å². The van der Waals surface area contributed by atoms with Crippen LogP contribution in [0.2, 0.25) is 0 Å². The molecule has 0 saturated carbocycles. The molecule has 1 aliphatic heterocycles. The van der Waals surface area contributed by atoms with Crippen molar-refractivity contribution in [3.63, 3.8) is 0 Å². The van der Waals surface area contributed by atoms with Gasteiger partial charge < -0.3 is 10.1 Å². The highest BCUT2D eigenvalue weighted by molar-refractivity contribution is 5.80. The van der Waals surface area contributed by atoms with Crippen molar-refractivity contribution >= 4 is 5.91 Å². The summed E-state index contributed by atoms with van der Waals surface area (Å²) in [6.07, 6.45) is -7.01. The van der Waals surface area contributed by atoms with Gasteiger partial charge >= 0.3 is 12.4 Å². The van der Waals surface area contributed by atoms with Crippen LogP contribution in [0, 0.1) is 0 Å². The quantitative estimate of drug-likeness (QED) is 0.282. The molecule has 2 N–H and O–H groups in total. The van der Waals surface area contributed by atoms with Gasteiger partial charge in [-0.05, 0) is 42.7 Å². The molecule has 0 aromatic heterocycles. The van der Waals surface area contributed by atoms with Crippen LogP contribution in [0.25, 0.3) is 0 Å². The Labute approximate surface area is 211 Å². The minimum absolute atomic E-state index is 0.0837. The summed E-state index contributed by atoms with van der Waals surface area (Å²) in [5.74, 6) is -0.125. The first-order valence-electron chi connectivity index (χ1n) is 11.5. The molecule has 3 rings (SSSR count). The molecule has 1 aliphatic rings. The molecule has 4 nitrogen and oxygen atoms in total. The highest BCUT2D eigenvalue weighted by atomic mass is 19.4. The summed E-state index contributed by atoms with van der Waals surface area (Å²) in [7, 11) is 0. The van der Waals surface area contributed by atoms with Gasteiger partial charge in [-0.3, -0.25) is 10.1 Å². The molecule has 1 amide bonds. The summed E-state index contributed by atoms with van der Waals surface area (Å²) in [5, 5.41) is 6.23.